The van der Waals surface area contributed by atoms with Gasteiger partial charge < -0.3 is 24.1 Å². The monoisotopic (exact) mass is 512 g/mol. The summed E-state index contributed by atoms with van der Waals surface area (Å²) in [6.45, 7) is 0.298. The van der Waals surface area contributed by atoms with Gasteiger partial charge in [0.2, 0.25) is 0 Å². The zero-order valence-corrected chi connectivity index (χ0v) is 21.4. The lowest BCUT2D eigenvalue weighted by Crippen LogP contribution is -2.15. The number of hydrogen-bond donors (Lipinski definition) is 2. The zero-order valence-electron chi connectivity index (χ0n) is 20.5. The van der Waals surface area contributed by atoms with E-state index in [1.54, 1.807) is 7.11 Å². The fourth-order valence-corrected chi connectivity index (χ4v) is 6.05. The van der Waals surface area contributed by atoms with Crippen molar-refractivity contribution >= 4 is 24.2 Å². The summed E-state index contributed by atoms with van der Waals surface area (Å²) in [5, 5.41) is 4.39. The van der Waals surface area contributed by atoms with Crippen molar-refractivity contribution in [3.63, 3.8) is 0 Å². The van der Waals surface area contributed by atoms with Gasteiger partial charge in [-0.2, -0.15) is 0 Å². The van der Waals surface area contributed by atoms with Crippen LogP contribution in [0.5, 0.6) is 5.75 Å². The molecule has 0 spiro atoms. The third-order valence-corrected chi connectivity index (χ3v) is 8.15. The first-order valence-electron chi connectivity index (χ1n) is 12.1. The lowest BCUT2D eigenvalue weighted by atomic mass is 10.1. The van der Waals surface area contributed by atoms with Crippen molar-refractivity contribution < 1.29 is 18.3 Å². The van der Waals surface area contributed by atoms with Crippen molar-refractivity contribution in [3.8, 4) is 5.75 Å². The maximum atomic E-state index is 14.8. The molecular weight excluding hydrogens is 483 g/mol. The molecule has 2 N–H and O–H groups in total. The van der Waals surface area contributed by atoms with Gasteiger partial charge in [0.1, 0.15) is 5.75 Å². The molecule has 0 saturated heterocycles. The van der Waals surface area contributed by atoms with Gasteiger partial charge >= 0.3 is 7.60 Å². The zero-order chi connectivity index (χ0) is 25.5. The number of rotatable bonds is 11. The predicted octanol–water partition coefficient (Wildman–Crippen LogP) is 7.91. The molecule has 0 aliphatic heterocycles. The Balaban J connectivity index is 1.55. The largest absolute Gasteiger partial charge is 0.497 e. The number of aromatic amines is 1. The Hall–Kier alpha value is -3.83. The highest BCUT2D eigenvalue weighted by atomic mass is 31.2. The van der Waals surface area contributed by atoms with Gasteiger partial charge in [0.05, 0.1) is 20.3 Å². The first kappa shape index (κ1) is 24.8. The number of methoxy groups -OCH3 is 1. The van der Waals surface area contributed by atoms with Crippen molar-refractivity contribution in [1.82, 2.24) is 4.98 Å². The number of fused-ring (bicyclic) bond motifs is 1. The Kier molecular flexibility index (Phi) is 7.71. The van der Waals surface area contributed by atoms with Crippen LogP contribution in [-0.4, -0.2) is 12.1 Å². The summed E-state index contributed by atoms with van der Waals surface area (Å²) in [6.07, 6.45) is 1.87. The molecule has 0 amide bonds. The van der Waals surface area contributed by atoms with E-state index in [1.807, 2.05) is 115 Å². The molecule has 4 aromatic carbocycles. The Morgan fingerprint density at radius 2 is 1.32 bits per heavy atom. The summed E-state index contributed by atoms with van der Waals surface area (Å²) in [5.74, 6) is -0.0394. The molecule has 5 aromatic rings. The molecule has 0 aliphatic carbocycles. The Labute approximate surface area is 216 Å². The quantitative estimate of drug-likeness (QED) is 0.176. The van der Waals surface area contributed by atoms with Crippen LogP contribution < -0.4 is 10.1 Å². The van der Waals surface area contributed by atoms with Gasteiger partial charge in [0, 0.05) is 28.4 Å². The predicted molar refractivity (Wildman–Crippen MR) is 148 cm³/mol. The van der Waals surface area contributed by atoms with Crippen LogP contribution in [0.2, 0.25) is 0 Å². The molecule has 1 aromatic heterocycles. The maximum absolute atomic E-state index is 14.8. The SMILES string of the molecule is COc1ccc(NC(c2c[nH]c3ccccc23)P(=O)(OCc2ccccc2)OCc2ccccc2)cc1. The molecule has 0 fully saturated rings. The van der Waals surface area contributed by atoms with Crippen LogP contribution in [0.3, 0.4) is 0 Å². The van der Waals surface area contributed by atoms with Gasteiger partial charge in [-0.15, -0.1) is 0 Å². The average Bonchev–Trinajstić information content (AvgIpc) is 3.39. The van der Waals surface area contributed by atoms with Gasteiger partial charge in [-0.05, 0) is 41.5 Å². The lowest BCUT2D eigenvalue weighted by molar-refractivity contribution is 0.185. The van der Waals surface area contributed by atoms with E-state index in [9.17, 15) is 4.57 Å². The van der Waals surface area contributed by atoms with Gasteiger partial charge in [-0.25, -0.2) is 0 Å². The molecule has 0 saturated carbocycles. The lowest BCUT2D eigenvalue weighted by Gasteiger charge is -2.29. The van der Waals surface area contributed by atoms with Gasteiger partial charge in [0.25, 0.3) is 0 Å². The van der Waals surface area contributed by atoms with Gasteiger partial charge in [-0.3, -0.25) is 4.57 Å². The third kappa shape index (κ3) is 5.95. The first-order chi connectivity index (χ1) is 18.1. The number of hydrogen-bond acceptors (Lipinski definition) is 5. The maximum Gasteiger partial charge on any atom is 0.357 e. The molecule has 1 heterocycles. The number of nitrogens with one attached hydrogen (secondary N) is 2. The highest BCUT2D eigenvalue weighted by Gasteiger charge is 2.39. The van der Waals surface area contributed by atoms with Crippen molar-refractivity contribution in [2.75, 3.05) is 12.4 Å². The third-order valence-electron chi connectivity index (χ3n) is 6.13. The second-order valence-electron chi connectivity index (χ2n) is 8.62. The standard InChI is InChI=1S/C30H29N2O4P/c1-34-26-18-16-25(17-19-26)32-30(28-20-31-29-15-9-8-14-27(28)29)37(33,35-21-23-10-4-2-5-11-23)36-22-24-12-6-3-7-13-24/h2-20,30-32H,21-22H2,1H3. The average molecular weight is 513 g/mol. The molecule has 5 rings (SSSR count). The number of anilines is 1. The minimum atomic E-state index is -3.80. The number of para-hydroxylation sites is 1. The van der Waals surface area contributed by atoms with Crippen molar-refractivity contribution in [2.45, 2.75) is 19.0 Å². The number of benzene rings is 4. The summed E-state index contributed by atoms with van der Waals surface area (Å²) in [6, 6.07) is 34.8. The summed E-state index contributed by atoms with van der Waals surface area (Å²) >= 11 is 0. The summed E-state index contributed by atoms with van der Waals surface area (Å²) in [4.78, 5) is 3.30. The van der Waals surface area contributed by atoms with Crippen LogP contribution in [0, 0.1) is 0 Å². The highest BCUT2D eigenvalue weighted by molar-refractivity contribution is 7.54. The van der Waals surface area contributed by atoms with E-state index in [0.29, 0.717) is 0 Å². The van der Waals surface area contributed by atoms with Crippen LogP contribution >= 0.6 is 7.60 Å². The van der Waals surface area contributed by atoms with Crippen LogP contribution in [0.4, 0.5) is 5.69 Å². The molecule has 0 bridgehead atoms. The highest BCUT2D eigenvalue weighted by Crippen LogP contribution is 2.62. The van der Waals surface area contributed by atoms with Crippen LogP contribution in [0.25, 0.3) is 10.9 Å². The molecular formula is C30H29N2O4P. The number of H-pyrrole nitrogens is 1. The molecule has 1 unspecified atom stereocenters. The number of ether oxygens (including phenoxy) is 1. The smallest absolute Gasteiger partial charge is 0.357 e. The Morgan fingerprint density at radius 1 is 0.757 bits per heavy atom. The Bertz CT molecular complexity index is 1420. The second-order valence-corrected chi connectivity index (χ2v) is 10.7. The Morgan fingerprint density at radius 3 is 1.92 bits per heavy atom. The second kappa shape index (κ2) is 11.5. The van der Waals surface area contributed by atoms with E-state index < -0.39 is 13.4 Å². The fourth-order valence-electron chi connectivity index (χ4n) is 4.16. The van der Waals surface area contributed by atoms with E-state index >= 15 is 0 Å². The normalized spacial score (nSPS) is 12.4. The van der Waals surface area contributed by atoms with E-state index in [4.69, 9.17) is 13.8 Å². The van der Waals surface area contributed by atoms with Gasteiger partial charge in [-0.1, -0.05) is 78.9 Å². The minimum absolute atomic E-state index is 0.149. The summed E-state index contributed by atoms with van der Waals surface area (Å²) in [5.41, 5.74) is 4.33. The molecule has 7 heteroatoms. The van der Waals surface area contributed by atoms with Crippen molar-refractivity contribution in [1.29, 1.82) is 0 Å². The van der Waals surface area contributed by atoms with Crippen molar-refractivity contribution in [2.24, 2.45) is 0 Å². The van der Waals surface area contributed by atoms with E-state index in [-0.39, 0.29) is 13.2 Å². The van der Waals surface area contributed by atoms with Crippen LogP contribution in [0.1, 0.15) is 22.5 Å². The van der Waals surface area contributed by atoms with E-state index in [2.05, 4.69) is 10.3 Å². The van der Waals surface area contributed by atoms with Crippen LogP contribution in [0.15, 0.2) is 115 Å². The topological polar surface area (TPSA) is 72.6 Å². The first-order valence-corrected chi connectivity index (χ1v) is 13.7. The molecule has 0 radical (unpaired) electrons. The van der Waals surface area contributed by atoms with E-state index in [1.165, 1.54) is 0 Å². The summed E-state index contributed by atoms with van der Waals surface area (Å²) < 4.78 is 32.5. The molecule has 6 nitrogen and oxygen atoms in total. The molecule has 37 heavy (non-hydrogen) atoms. The molecule has 188 valence electrons. The molecule has 1 atom stereocenters. The number of aromatic nitrogens is 1. The van der Waals surface area contributed by atoms with Crippen LogP contribution in [-0.2, 0) is 26.8 Å². The minimum Gasteiger partial charge on any atom is -0.497 e. The molecule has 0 aliphatic rings. The van der Waals surface area contributed by atoms with Gasteiger partial charge in [0.15, 0.2) is 5.78 Å². The fraction of sp³-hybridized carbons (Fsp3) is 0.133. The van der Waals surface area contributed by atoms with E-state index in [0.717, 1.165) is 39.0 Å². The van der Waals surface area contributed by atoms with Crippen molar-refractivity contribution in [3.05, 3.63) is 132 Å². The summed E-state index contributed by atoms with van der Waals surface area (Å²) in [7, 11) is -2.17.